The normalized spacial score (nSPS) is 13.5. The molecule has 0 aliphatic rings. The second-order valence-electron chi connectivity index (χ2n) is 6.29. The molecule has 0 amide bonds. The van der Waals surface area contributed by atoms with E-state index in [0.29, 0.717) is 0 Å². The van der Waals surface area contributed by atoms with Crippen molar-refractivity contribution in [2.75, 3.05) is 0 Å². The first kappa shape index (κ1) is 23.6. The van der Waals surface area contributed by atoms with E-state index in [0.717, 1.165) is 26.3 Å². The molecular weight excluding hydrogens is 429 g/mol. The van der Waals surface area contributed by atoms with Gasteiger partial charge in [-0.15, -0.1) is 0 Å². The van der Waals surface area contributed by atoms with E-state index in [4.69, 9.17) is 0 Å². The first-order valence-corrected chi connectivity index (χ1v) is 13.4. The van der Waals surface area contributed by atoms with Crippen molar-refractivity contribution >= 4 is 0 Å². The van der Waals surface area contributed by atoms with Crippen molar-refractivity contribution in [2.24, 2.45) is 0 Å². The van der Waals surface area contributed by atoms with Gasteiger partial charge in [-0.2, -0.15) is 0 Å². The van der Waals surface area contributed by atoms with Gasteiger partial charge in [0.1, 0.15) is 0 Å². The zero-order valence-electron chi connectivity index (χ0n) is 16.1. The summed E-state index contributed by atoms with van der Waals surface area (Å²) in [5, 5.41) is 0. The SMILES string of the molecule is C[CH](C)[Pd]([CH](C)C)[CH](C)C.C[CH](C)[Pd]([CH](C)C)[CH](C)C. The van der Waals surface area contributed by atoms with E-state index in [1.54, 1.807) is 0 Å². The Balaban J connectivity index is 0. The van der Waals surface area contributed by atoms with Crippen LogP contribution in [0.3, 0.4) is 0 Å². The van der Waals surface area contributed by atoms with E-state index in [9.17, 15) is 0 Å². The molecule has 0 aromatic rings. The Hall–Kier alpha value is 1.32. The molecule has 2 heteroatoms. The van der Waals surface area contributed by atoms with E-state index >= 15 is 0 Å². The molecule has 0 rings (SSSR count). The topological polar surface area (TPSA) is 0 Å². The van der Waals surface area contributed by atoms with E-state index in [-0.39, 0.29) is 33.5 Å². The zero-order valence-corrected chi connectivity index (χ0v) is 19.2. The zero-order chi connectivity index (χ0) is 16.6. The molecule has 0 bridgehead atoms. The predicted octanol–water partition coefficient (Wildman–Crippen LogP) is 8.18. The van der Waals surface area contributed by atoms with Gasteiger partial charge in [0.2, 0.25) is 0 Å². The first-order chi connectivity index (χ1) is 8.93. The third-order valence-corrected chi connectivity index (χ3v) is 15.0. The summed E-state index contributed by atoms with van der Waals surface area (Å²) in [5.74, 6) is 0. The van der Waals surface area contributed by atoms with Crippen LogP contribution in [0.25, 0.3) is 0 Å². The van der Waals surface area contributed by atoms with E-state index in [2.05, 4.69) is 83.1 Å². The predicted molar refractivity (Wildman–Crippen MR) is 90.6 cm³/mol. The third kappa shape index (κ3) is 10.1. The van der Waals surface area contributed by atoms with Gasteiger partial charge in [0.15, 0.2) is 0 Å². The van der Waals surface area contributed by atoms with Crippen LogP contribution in [-0.2, 0) is 33.5 Å². The van der Waals surface area contributed by atoms with Crippen molar-refractivity contribution in [1.29, 1.82) is 0 Å². The van der Waals surface area contributed by atoms with Crippen molar-refractivity contribution < 1.29 is 33.5 Å². The van der Waals surface area contributed by atoms with Crippen LogP contribution in [0.15, 0.2) is 0 Å². The van der Waals surface area contributed by atoms with Crippen LogP contribution in [0.4, 0.5) is 0 Å². The Morgan fingerprint density at radius 2 is 0.400 bits per heavy atom. The summed E-state index contributed by atoms with van der Waals surface area (Å²) in [6.45, 7) is 28.5. The van der Waals surface area contributed by atoms with Gasteiger partial charge in [0.25, 0.3) is 0 Å². The second-order valence-corrected chi connectivity index (χ2v) is 20.2. The Bertz CT molecular complexity index is 155. The van der Waals surface area contributed by atoms with Crippen LogP contribution in [0.1, 0.15) is 83.1 Å². The molecule has 0 radical (unpaired) electrons. The third-order valence-electron chi connectivity index (χ3n) is 2.53. The molecule has 0 heterocycles. The van der Waals surface area contributed by atoms with Gasteiger partial charge in [0, 0.05) is 0 Å². The van der Waals surface area contributed by atoms with Crippen LogP contribution in [-0.4, -0.2) is 0 Å². The van der Waals surface area contributed by atoms with Crippen molar-refractivity contribution in [3.8, 4) is 0 Å². The van der Waals surface area contributed by atoms with Gasteiger partial charge in [-0.1, -0.05) is 0 Å². The molecule has 0 nitrogen and oxygen atoms in total. The summed E-state index contributed by atoms with van der Waals surface area (Å²) in [6.07, 6.45) is 0. The van der Waals surface area contributed by atoms with E-state index < -0.39 is 0 Å². The monoisotopic (exact) mass is 470 g/mol. The molecule has 0 aromatic carbocycles. The van der Waals surface area contributed by atoms with Crippen LogP contribution < -0.4 is 0 Å². The van der Waals surface area contributed by atoms with Crippen LogP contribution in [0.5, 0.6) is 0 Å². The minimum absolute atomic E-state index is 0.239. The summed E-state index contributed by atoms with van der Waals surface area (Å²) >= 11 is -0.478. The summed E-state index contributed by atoms with van der Waals surface area (Å²) in [7, 11) is 0. The average Bonchev–Trinajstić information content (AvgIpc) is 2.12. The molecule has 0 saturated carbocycles. The Kier molecular flexibility index (Phi) is 14.0. The molecule has 0 aliphatic carbocycles. The standard InChI is InChI=1S/6C3H7.2Pd/c6*1-3-2;;/h6*3H,1-2H3;;. The molecule has 20 heavy (non-hydrogen) atoms. The molecule has 0 spiro atoms. The summed E-state index contributed by atoms with van der Waals surface area (Å²) in [6, 6.07) is 0. The van der Waals surface area contributed by atoms with E-state index in [1.165, 1.54) is 0 Å². The van der Waals surface area contributed by atoms with Gasteiger partial charge in [-0.25, -0.2) is 0 Å². The van der Waals surface area contributed by atoms with Gasteiger partial charge in [-0.05, 0) is 0 Å². The fourth-order valence-electron chi connectivity index (χ4n) is 2.53. The molecule has 134 valence electrons. The van der Waals surface area contributed by atoms with E-state index in [1.807, 2.05) is 0 Å². The number of hydrogen-bond acceptors (Lipinski definition) is 0. The first-order valence-electron chi connectivity index (χ1n) is 8.02. The van der Waals surface area contributed by atoms with Crippen molar-refractivity contribution in [2.45, 2.75) is 109 Å². The maximum absolute atomic E-state index is 2.38. The fraction of sp³-hybridized carbons (Fsp3) is 1.00. The molecule has 0 aromatic heterocycles. The van der Waals surface area contributed by atoms with Crippen LogP contribution in [0.2, 0.25) is 26.3 Å². The molecular formula is C18H42Pd2. The van der Waals surface area contributed by atoms with Crippen molar-refractivity contribution in [1.82, 2.24) is 0 Å². The molecule has 0 atom stereocenters. The molecule has 0 N–H and O–H groups in total. The second kappa shape index (κ2) is 11.8. The van der Waals surface area contributed by atoms with Crippen LogP contribution >= 0.6 is 0 Å². The summed E-state index contributed by atoms with van der Waals surface area (Å²) < 4.78 is 5.70. The van der Waals surface area contributed by atoms with Gasteiger partial charge < -0.3 is 0 Å². The maximum atomic E-state index is 2.38. The quantitative estimate of drug-likeness (QED) is 0.343. The molecule has 0 aliphatic heterocycles. The Labute approximate surface area is 142 Å². The van der Waals surface area contributed by atoms with Crippen LogP contribution in [0, 0.1) is 0 Å². The van der Waals surface area contributed by atoms with Gasteiger partial charge in [0.05, 0.1) is 0 Å². The number of hydrogen-bond donors (Lipinski definition) is 0. The molecule has 0 fully saturated rings. The summed E-state index contributed by atoms with van der Waals surface area (Å²) in [5.41, 5.74) is 0. The average molecular weight is 471 g/mol. The Morgan fingerprint density at radius 1 is 0.300 bits per heavy atom. The fourth-order valence-corrected chi connectivity index (χ4v) is 15.0. The van der Waals surface area contributed by atoms with Gasteiger partial charge >= 0.3 is 143 Å². The minimum atomic E-state index is -0.239. The Morgan fingerprint density at radius 3 is 0.400 bits per heavy atom. The molecule has 0 saturated heterocycles. The van der Waals surface area contributed by atoms with Crippen molar-refractivity contribution in [3.63, 3.8) is 0 Å². The number of rotatable bonds is 6. The van der Waals surface area contributed by atoms with Crippen molar-refractivity contribution in [3.05, 3.63) is 0 Å². The molecule has 0 unspecified atom stereocenters. The summed E-state index contributed by atoms with van der Waals surface area (Å²) in [4.78, 5) is 0. The van der Waals surface area contributed by atoms with Gasteiger partial charge in [-0.3, -0.25) is 0 Å².